The minimum absolute atomic E-state index is 0.0326. The highest BCUT2D eigenvalue weighted by Gasteiger charge is 2.27. The van der Waals surface area contributed by atoms with E-state index in [-0.39, 0.29) is 32.0 Å². The molecule has 0 spiro atoms. The van der Waals surface area contributed by atoms with E-state index in [0.717, 1.165) is 44.9 Å². The van der Waals surface area contributed by atoms with E-state index in [1.54, 1.807) is 0 Å². The van der Waals surface area contributed by atoms with Gasteiger partial charge in [-0.3, -0.25) is 18.6 Å². The van der Waals surface area contributed by atoms with Crippen molar-refractivity contribution in [3.63, 3.8) is 0 Å². The van der Waals surface area contributed by atoms with Crippen LogP contribution < -0.4 is 0 Å². The highest BCUT2D eigenvalue weighted by atomic mass is 31.2. The van der Waals surface area contributed by atoms with Gasteiger partial charge in [-0.2, -0.15) is 0 Å². The fourth-order valence-corrected chi connectivity index (χ4v) is 6.63. The Hall–Kier alpha value is -1.25. The molecule has 0 aliphatic rings. The maximum Gasteiger partial charge on any atom is 0.472 e. The van der Waals surface area contributed by atoms with Crippen LogP contribution in [0.3, 0.4) is 0 Å². The molecule has 10 heteroatoms. The van der Waals surface area contributed by atoms with Gasteiger partial charge in [-0.15, -0.1) is 0 Å². The van der Waals surface area contributed by atoms with Crippen LogP contribution in [0.1, 0.15) is 194 Å². The number of ether oxygens (including phenoxy) is 2. The average molecular weight is 761 g/mol. The van der Waals surface area contributed by atoms with E-state index in [0.29, 0.717) is 17.4 Å². The lowest BCUT2D eigenvalue weighted by Crippen LogP contribution is -2.37. The van der Waals surface area contributed by atoms with Gasteiger partial charge in [-0.05, 0) is 38.5 Å². The number of hydrogen-bond acceptors (Lipinski definition) is 7. The molecule has 52 heavy (non-hydrogen) atoms. The highest BCUT2D eigenvalue weighted by molar-refractivity contribution is 7.47. The van der Waals surface area contributed by atoms with E-state index >= 15 is 0 Å². The van der Waals surface area contributed by atoms with Crippen LogP contribution in [0.5, 0.6) is 0 Å². The Morgan fingerprint density at radius 2 is 0.981 bits per heavy atom. The van der Waals surface area contributed by atoms with Crippen molar-refractivity contribution in [3.05, 3.63) is 12.2 Å². The standard InChI is InChI=1S/C42H82NO8P/c1-6-8-10-12-14-16-18-20-21-23-25-27-29-31-33-35-42(45)51-40(39-50-52(46,47)49-37-36-43(3,4)5)38-48-41(44)34-32-30-28-26-24-22-19-17-15-13-11-9-7-2/h22,24,40H,6-21,23,25-39H2,1-5H3/p+1/b24-22+/t40-/m1/s1. The van der Waals surface area contributed by atoms with Gasteiger partial charge in [0.1, 0.15) is 19.8 Å². The third kappa shape index (κ3) is 38.5. The molecule has 0 aliphatic heterocycles. The lowest BCUT2D eigenvalue weighted by atomic mass is 10.0. The summed E-state index contributed by atoms with van der Waals surface area (Å²) in [4.78, 5) is 35.3. The molecule has 2 atom stereocenters. The summed E-state index contributed by atoms with van der Waals surface area (Å²) in [5.74, 6) is -0.809. The Morgan fingerprint density at radius 3 is 1.44 bits per heavy atom. The topological polar surface area (TPSA) is 108 Å². The number of rotatable bonds is 39. The maximum atomic E-state index is 12.7. The summed E-state index contributed by atoms with van der Waals surface area (Å²) in [6, 6.07) is 0. The van der Waals surface area contributed by atoms with Crippen molar-refractivity contribution >= 4 is 19.8 Å². The smallest absolute Gasteiger partial charge is 0.462 e. The number of allylic oxidation sites excluding steroid dienone is 2. The van der Waals surface area contributed by atoms with Crippen LogP contribution in [0.4, 0.5) is 0 Å². The first kappa shape index (κ1) is 50.8. The summed E-state index contributed by atoms with van der Waals surface area (Å²) in [5, 5.41) is 0. The Bertz CT molecular complexity index is 907. The predicted molar refractivity (Wildman–Crippen MR) is 215 cm³/mol. The Kier molecular flexibility index (Phi) is 34.6. The monoisotopic (exact) mass is 761 g/mol. The van der Waals surface area contributed by atoms with Gasteiger partial charge in [0, 0.05) is 12.8 Å². The van der Waals surface area contributed by atoms with Crippen molar-refractivity contribution in [3.8, 4) is 0 Å². The van der Waals surface area contributed by atoms with Crippen molar-refractivity contribution in [1.82, 2.24) is 0 Å². The van der Waals surface area contributed by atoms with E-state index in [1.807, 2.05) is 21.1 Å². The summed E-state index contributed by atoms with van der Waals surface area (Å²) < 4.78 is 34.2. The van der Waals surface area contributed by atoms with Crippen LogP contribution in [0.25, 0.3) is 0 Å². The van der Waals surface area contributed by atoms with Gasteiger partial charge in [0.15, 0.2) is 6.10 Å². The normalized spacial score (nSPS) is 13.7. The van der Waals surface area contributed by atoms with Crippen LogP contribution in [0.2, 0.25) is 0 Å². The number of esters is 2. The minimum atomic E-state index is -4.37. The van der Waals surface area contributed by atoms with Crippen LogP contribution in [0, 0.1) is 0 Å². The third-order valence-corrected chi connectivity index (χ3v) is 10.3. The van der Waals surface area contributed by atoms with Crippen molar-refractivity contribution in [1.29, 1.82) is 0 Å². The molecule has 0 radical (unpaired) electrons. The van der Waals surface area contributed by atoms with E-state index in [2.05, 4.69) is 26.0 Å². The molecule has 1 unspecified atom stereocenters. The van der Waals surface area contributed by atoms with Crippen molar-refractivity contribution < 1.29 is 42.1 Å². The first-order valence-electron chi connectivity index (χ1n) is 21.4. The van der Waals surface area contributed by atoms with Gasteiger partial charge < -0.3 is 18.9 Å². The van der Waals surface area contributed by atoms with Crippen molar-refractivity contribution in [2.75, 3.05) is 47.5 Å². The molecule has 0 bridgehead atoms. The van der Waals surface area contributed by atoms with Crippen LogP contribution in [-0.2, 0) is 32.7 Å². The molecule has 0 fully saturated rings. The zero-order chi connectivity index (χ0) is 38.6. The summed E-state index contributed by atoms with van der Waals surface area (Å²) >= 11 is 0. The van der Waals surface area contributed by atoms with Gasteiger partial charge in [0.25, 0.3) is 0 Å². The lowest BCUT2D eigenvalue weighted by Gasteiger charge is -2.24. The predicted octanol–water partition coefficient (Wildman–Crippen LogP) is 11.8. The number of carbonyl (C=O) groups is 2. The summed E-state index contributed by atoms with van der Waals surface area (Å²) in [6.07, 6.45) is 35.4. The van der Waals surface area contributed by atoms with Gasteiger partial charge in [-0.1, -0.05) is 154 Å². The average Bonchev–Trinajstić information content (AvgIpc) is 3.09. The summed E-state index contributed by atoms with van der Waals surface area (Å²) in [7, 11) is 1.48. The Balaban J connectivity index is 4.37. The molecule has 0 saturated carbocycles. The minimum Gasteiger partial charge on any atom is -0.462 e. The lowest BCUT2D eigenvalue weighted by molar-refractivity contribution is -0.870. The van der Waals surface area contributed by atoms with Crippen molar-refractivity contribution in [2.45, 2.75) is 200 Å². The molecule has 1 N–H and O–H groups in total. The fourth-order valence-electron chi connectivity index (χ4n) is 5.89. The molecule has 0 amide bonds. The first-order chi connectivity index (χ1) is 25.0. The van der Waals surface area contributed by atoms with E-state index in [9.17, 15) is 19.0 Å². The number of carbonyl (C=O) groups excluding carboxylic acids is 2. The number of hydrogen-bond donors (Lipinski definition) is 1. The number of unbranched alkanes of at least 4 members (excludes halogenated alkanes) is 23. The number of quaternary nitrogens is 1. The van der Waals surface area contributed by atoms with Crippen LogP contribution in [-0.4, -0.2) is 74.9 Å². The molecule has 0 aromatic rings. The molecule has 0 rings (SSSR count). The molecular weight excluding hydrogens is 677 g/mol. The second-order valence-electron chi connectivity index (χ2n) is 15.7. The van der Waals surface area contributed by atoms with Crippen molar-refractivity contribution in [2.24, 2.45) is 0 Å². The zero-order valence-electron chi connectivity index (χ0n) is 34.6. The quantitative estimate of drug-likeness (QED) is 0.0217. The van der Waals surface area contributed by atoms with E-state index in [1.165, 1.54) is 116 Å². The molecule has 308 valence electrons. The Morgan fingerprint density at radius 1 is 0.577 bits per heavy atom. The van der Waals surface area contributed by atoms with E-state index in [4.69, 9.17) is 18.5 Å². The molecule has 9 nitrogen and oxygen atoms in total. The molecule has 0 saturated heterocycles. The number of likely N-dealkylation sites (N-methyl/N-ethyl adjacent to an activating group) is 1. The molecule has 0 aliphatic carbocycles. The Labute approximate surface area is 320 Å². The number of nitrogens with zero attached hydrogens (tertiary/aromatic N) is 1. The molecule has 0 heterocycles. The molecule has 0 aromatic heterocycles. The van der Waals surface area contributed by atoms with Gasteiger partial charge in [0.2, 0.25) is 0 Å². The zero-order valence-corrected chi connectivity index (χ0v) is 35.5. The largest absolute Gasteiger partial charge is 0.472 e. The first-order valence-corrected chi connectivity index (χ1v) is 22.9. The number of phosphoric ester groups is 1. The van der Waals surface area contributed by atoms with Gasteiger partial charge in [0.05, 0.1) is 27.7 Å². The van der Waals surface area contributed by atoms with Gasteiger partial charge in [-0.25, -0.2) is 4.57 Å². The fraction of sp³-hybridized carbons (Fsp3) is 0.905. The van der Waals surface area contributed by atoms with Crippen LogP contribution in [0.15, 0.2) is 12.2 Å². The van der Waals surface area contributed by atoms with E-state index < -0.39 is 26.5 Å². The third-order valence-electron chi connectivity index (χ3n) is 9.30. The highest BCUT2D eigenvalue weighted by Crippen LogP contribution is 2.43. The SMILES string of the molecule is CCCCCCCC/C=C/CCCCCC(=O)OC[C@H](COP(=O)(O)OCC[N+](C)(C)C)OC(=O)CCCCCCCCCCCCCCCCC. The molecule has 0 aromatic carbocycles. The summed E-state index contributed by atoms with van der Waals surface area (Å²) in [5.41, 5.74) is 0. The second kappa shape index (κ2) is 35.5. The second-order valence-corrected chi connectivity index (χ2v) is 17.2. The summed E-state index contributed by atoms with van der Waals surface area (Å²) in [6.45, 7) is 4.41. The maximum absolute atomic E-state index is 12.7. The molecular formula is C42H83NO8P+. The van der Waals surface area contributed by atoms with Gasteiger partial charge >= 0.3 is 19.8 Å². The number of phosphoric acid groups is 1. The van der Waals surface area contributed by atoms with Crippen LogP contribution >= 0.6 is 7.82 Å².